The summed E-state index contributed by atoms with van der Waals surface area (Å²) < 4.78 is 11.4. The first-order chi connectivity index (χ1) is 11.8. The topological polar surface area (TPSA) is 38.8 Å². The van der Waals surface area contributed by atoms with Crippen LogP contribution in [0.5, 0.6) is 0 Å². The summed E-state index contributed by atoms with van der Waals surface area (Å²) in [5.41, 5.74) is 2.45. The number of ether oxygens (including phenoxy) is 2. The molecule has 2 heterocycles. The molecule has 0 radical (unpaired) electrons. The third-order valence-corrected chi connectivity index (χ3v) is 5.23. The van der Waals surface area contributed by atoms with E-state index in [1.165, 1.54) is 11.1 Å². The number of aryl methyl sites for hydroxylation is 1. The number of hydrogen-bond acceptors (Lipinski definition) is 3. The van der Waals surface area contributed by atoms with Gasteiger partial charge in [-0.3, -0.25) is 4.79 Å². The minimum atomic E-state index is 0.249. The van der Waals surface area contributed by atoms with Crippen molar-refractivity contribution in [2.24, 2.45) is 5.92 Å². The van der Waals surface area contributed by atoms with E-state index in [-0.39, 0.29) is 5.91 Å². The van der Waals surface area contributed by atoms with E-state index >= 15 is 0 Å². The SMILES string of the molecule is CCc1ccccc1CC(=O)N1CCC(OCC2CCOC2)CC1. The van der Waals surface area contributed by atoms with Crippen LogP contribution in [0.1, 0.15) is 37.3 Å². The summed E-state index contributed by atoms with van der Waals surface area (Å²) >= 11 is 0. The maximum atomic E-state index is 12.6. The molecule has 0 saturated carbocycles. The summed E-state index contributed by atoms with van der Waals surface area (Å²) in [6.07, 6.45) is 4.83. The molecule has 3 rings (SSSR count). The Labute approximate surface area is 145 Å². The maximum Gasteiger partial charge on any atom is 0.227 e. The second kappa shape index (κ2) is 8.63. The minimum absolute atomic E-state index is 0.249. The molecule has 132 valence electrons. The fourth-order valence-corrected chi connectivity index (χ4v) is 3.61. The average Bonchev–Trinajstić information content (AvgIpc) is 3.14. The van der Waals surface area contributed by atoms with Gasteiger partial charge in [-0.2, -0.15) is 0 Å². The van der Waals surface area contributed by atoms with Crippen molar-refractivity contribution in [2.45, 2.75) is 45.1 Å². The van der Waals surface area contributed by atoms with E-state index in [0.29, 0.717) is 18.4 Å². The van der Waals surface area contributed by atoms with E-state index in [0.717, 1.165) is 58.6 Å². The lowest BCUT2D eigenvalue weighted by Crippen LogP contribution is -2.42. The van der Waals surface area contributed by atoms with Crippen LogP contribution in [0.4, 0.5) is 0 Å². The number of piperidine rings is 1. The first-order valence-corrected chi connectivity index (χ1v) is 9.30. The quantitative estimate of drug-likeness (QED) is 0.804. The van der Waals surface area contributed by atoms with Gasteiger partial charge in [0.25, 0.3) is 0 Å². The van der Waals surface area contributed by atoms with Crippen LogP contribution in [0.2, 0.25) is 0 Å². The summed E-state index contributed by atoms with van der Waals surface area (Å²) in [6.45, 7) is 6.30. The van der Waals surface area contributed by atoms with Gasteiger partial charge in [0.05, 0.1) is 25.7 Å². The summed E-state index contributed by atoms with van der Waals surface area (Å²) in [7, 11) is 0. The Hall–Kier alpha value is -1.39. The van der Waals surface area contributed by atoms with Crippen LogP contribution in [0.15, 0.2) is 24.3 Å². The number of likely N-dealkylation sites (tertiary alicyclic amines) is 1. The predicted octanol–water partition coefficient (Wildman–Crippen LogP) is 2.84. The molecule has 1 unspecified atom stereocenters. The Balaban J connectivity index is 1.43. The number of amides is 1. The fraction of sp³-hybridized carbons (Fsp3) is 0.650. The molecule has 1 aromatic carbocycles. The summed E-state index contributed by atoms with van der Waals surface area (Å²) in [5.74, 6) is 0.814. The van der Waals surface area contributed by atoms with Gasteiger partial charge in [0.15, 0.2) is 0 Å². The Kier molecular flexibility index (Phi) is 6.27. The van der Waals surface area contributed by atoms with E-state index in [9.17, 15) is 4.79 Å². The number of rotatable bonds is 6. The van der Waals surface area contributed by atoms with Crippen LogP contribution < -0.4 is 0 Å². The lowest BCUT2D eigenvalue weighted by Gasteiger charge is -2.32. The normalized spacial score (nSPS) is 22.0. The van der Waals surface area contributed by atoms with E-state index in [2.05, 4.69) is 19.1 Å². The van der Waals surface area contributed by atoms with Crippen molar-refractivity contribution in [1.82, 2.24) is 4.90 Å². The summed E-state index contributed by atoms with van der Waals surface area (Å²) in [6, 6.07) is 8.27. The first-order valence-electron chi connectivity index (χ1n) is 9.30. The molecule has 2 saturated heterocycles. The Bertz CT molecular complexity index is 531. The van der Waals surface area contributed by atoms with E-state index in [4.69, 9.17) is 9.47 Å². The van der Waals surface area contributed by atoms with Gasteiger partial charge in [0.1, 0.15) is 0 Å². The lowest BCUT2D eigenvalue weighted by atomic mass is 10.0. The highest BCUT2D eigenvalue weighted by Crippen LogP contribution is 2.19. The van der Waals surface area contributed by atoms with Crippen molar-refractivity contribution in [2.75, 3.05) is 32.9 Å². The van der Waals surface area contributed by atoms with Crippen molar-refractivity contribution in [3.05, 3.63) is 35.4 Å². The maximum absolute atomic E-state index is 12.6. The van der Waals surface area contributed by atoms with Gasteiger partial charge < -0.3 is 14.4 Å². The predicted molar refractivity (Wildman–Crippen MR) is 94.0 cm³/mol. The summed E-state index contributed by atoms with van der Waals surface area (Å²) in [4.78, 5) is 14.6. The minimum Gasteiger partial charge on any atom is -0.381 e. The Morgan fingerprint density at radius 2 is 1.96 bits per heavy atom. The van der Waals surface area contributed by atoms with Gasteiger partial charge in [0, 0.05) is 25.6 Å². The molecule has 0 N–H and O–H groups in total. The molecule has 2 aliphatic rings. The van der Waals surface area contributed by atoms with E-state index in [1.807, 2.05) is 17.0 Å². The van der Waals surface area contributed by atoms with Gasteiger partial charge in [0.2, 0.25) is 5.91 Å². The van der Waals surface area contributed by atoms with Gasteiger partial charge in [-0.15, -0.1) is 0 Å². The Morgan fingerprint density at radius 1 is 1.21 bits per heavy atom. The van der Waals surface area contributed by atoms with Crippen LogP contribution >= 0.6 is 0 Å². The summed E-state index contributed by atoms with van der Waals surface area (Å²) in [5, 5.41) is 0. The molecule has 0 aliphatic carbocycles. The number of carbonyl (C=O) groups is 1. The zero-order valence-corrected chi connectivity index (χ0v) is 14.7. The standard InChI is InChI=1S/C20H29NO3/c1-2-17-5-3-4-6-18(17)13-20(22)21-10-7-19(8-11-21)24-15-16-9-12-23-14-16/h3-6,16,19H,2,7-15H2,1H3. The second-order valence-corrected chi connectivity index (χ2v) is 6.94. The fourth-order valence-electron chi connectivity index (χ4n) is 3.61. The van der Waals surface area contributed by atoms with Crippen LogP contribution in [0.25, 0.3) is 0 Å². The van der Waals surface area contributed by atoms with E-state index in [1.54, 1.807) is 0 Å². The molecule has 0 spiro atoms. The number of benzene rings is 1. The monoisotopic (exact) mass is 331 g/mol. The lowest BCUT2D eigenvalue weighted by molar-refractivity contribution is -0.133. The second-order valence-electron chi connectivity index (χ2n) is 6.94. The molecule has 4 nitrogen and oxygen atoms in total. The van der Waals surface area contributed by atoms with Crippen molar-refractivity contribution < 1.29 is 14.3 Å². The number of hydrogen-bond donors (Lipinski definition) is 0. The molecule has 2 fully saturated rings. The average molecular weight is 331 g/mol. The van der Waals surface area contributed by atoms with Gasteiger partial charge >= 0.3 is 0 Å². The molecule has 1 atom stereocenters. The van der Waals surface area contributed by atoms with Crippen molar-refractivity contribution in [3.8, 4) is 0 Å². The zero-order chi connectivity index (χ0) is 16.8. The van der Waals surface area contributed by atoms with Crippen molar-refractivity contribution in [1.29, 1.82) is 0 Å². The molecule has 2 aliphatic heterocycles. The number of nitrogens with zero attached hydrogens (tertiary/aromatic N) is 1. The Morgan fingerprint density at radius 3 is 2.62 bits per heavy atom. The first kappa shape index (κ1) is 17.4. The highest BCUT2D eigenvalue weighted by atomic mass is 16.5. The smallest absolute Gasteiger partial charge is 0.227 e. The molecular weight excluding hydrogens is 302 g/mol. The highest BCUT2D eigenvalue weighted by Gasteiger charge is 2.25. The van der Waals surface area contributed by atoms with E-state index < -0.39 is 0 Å². The third kappa shape index (κ3) is 4.58. The van der Waals surface area contributed by atoms with Gasteiger partial charge in [-0.25, -0.2) is 0 Å². The molecular formula is C20H29NO3. The molecule has 0 aromatic heterocycles. The van der Waals surface area contributed by atoms with Crippen molar-refractivity contribution in [3.63, 3.8) is 0 Å². The molecule has 0 bridgehead atoms. The third-order valence-electron chi connectivity index (χ3n) is 5.23. The van der Waals surface area contributed by atoms with Crippen LogP contribution in [-0.2, 0) is 27.1 Å². The van der Waals surface area contributed by atoms with Crippen LogP contribution in [0, 0.1) is 5.92 Å². The van der Waals surface area contributed by atoms with Gasteiger partial charge in [-0.1, -0.05) is 31.2 Å². The largest absolute Gasteiger partial charge is 0.381 e. The number of carbonyl (C=O) groups excluding carboxylic acids is 1. The van der Waals surface area contributed by atoms with Crippen LogP contribution in [0.3, 0.4) is 0 Å². The zero-order valence-electron chi connectivity index (χ0n) is 14.7. The van der Waals surface area contributed by atoms with Crippen LogP contribution in [-0.4, -0.2) is 49.8 Å². The molecule has 1 amide bonds. The highest BCUT2D eigenvalue weighted by molar-refractivity contribution is 5.79. The molecule has 24 heavy (non-hydrogen) atoms. The molecule has 1 aromatic rings. The van der Waals surface area contributed by atoms with Crippen molar-refractivity contribution >= 4 is 5.91 Å². The molecule has 4 heteroatoms. The van der Waals surface area contributed by atoms with Gasteiger partial charge in [-0.05, 0) is 36.8 Å².